The van der Waals surface area contributed by atoms with Crippen LogP contribution in [0.15, 0.2) is 29.6 Å². The van der Waals surface area contributed by atoms with Crippen molar-refractivity contribution in [2.45, 2.75) is 19.5 Å². The summed E-state index contributed by atoms with van der Waals surface area (Å²) in [6.07, 6.45) is 3.90. The van der Waals surface area contributed by atoms with Crippen molar-refractivity contribution in [3.05, 3.63) is 35.0 Å². The standard InChI is InChI=1S/C7H10N4/c1-7(9-10-8)6-11-4-2-3-5-11/h2-5,7H,6H2,1H3/t7-/m0/s1. The van der Waals surface area contributed by atoms with Crippen LogP contribution in [-0.2, 0) is 6.54 Å². The van der Waals surface area contributed by atoms with Gasteiger partial charge >= 0.3 is 0 Å². The van der Waals surface area contributed by atoms with E-state index in [0.29, 0.717) is 0 Å². The summed E-state index contributed by atoms with van der Waals surface area (Å²) in [5.41, 5.74) is 8.11. The molecule has 1 rings (SSSR count). The Balaban J connectivity index is 2.49. The second-order valence-corrected chi connectivity index (χ2v) is 2.43. The van der Waals surface area contributed by atoms with E-state index >= 15 is 0 Å². The first-order chi connectivity index (χ1) is 5.33. The van der Waals surface area contributed by atoms with Gasteiger partial charge in [0.1, 0.15) is 0 Å². The van der Waals surface area contributed by atoms with Crippen LogP contribution < -0.4 is 0 Å². The first-order valence-corrected chi connectivity index (χ1v) is 3.48. The number of azide groups is 1. The van der Waals surface area contributed by atoms with E-state index in [9.17, 15) is 0 Å². The predicted molar refractivity (Wildman–Crippen MR) is 43.0 cm³/mol. The van der Waals surface area contributed by atoms with Gasteiger partial charge in [0.05, 0.1) is 6.04 Å². The Morgan fingerprint density at radius 1 is 1.55 bits per heavy atom. The molecule has 0 aliphatic heterocycles. The number of rotatable bonds is 3. The van der Waals surface area contributed by atoms with E-state index in [4.69, 9.17) is 5.53 Å². The zero-order chi connectivity index (χ0) is 8.10. The maximum absolute atomic E-state index is 8.11. The Morgan fingerprint density at radius 3 is 2.73 bits per heavy atom. The fourth-order valence-electron chi connectivity index (χ4n) is 0.922. The van der Waals surface area contributed by atoms with Gasteiger partial charge in [0.2, 0.25) is 0 Å². The van der Waals surface area contributed by atoms with Crippen LogP contribution in [0.2, 0.25) is 0 Å². The highest BCUT2D eigenvalue weighted by molar-refractivity contribution is 4.90. The molecule has 0 saturated heterocycles. The lowest BCUT2D eigenvalue weighted by molar-refractivity contribution is 0.589. The summed E-state index contributed by atoms with van der Waals surface area (Å²) in [7, 11) is 0. The fourth-order valence-corrected chi connectivity index (χ4v) is 0.922. The van der Waals surface area contributed by atoms with Gasteiger partial charge in [-0.1, -0.05) is 12.0 Å². The third kappa shape index (κ3) is 2.35. The van der Waals surface area contributed by atoms with Crippen LogP contribution in [0, 0.1) is 0 Å². The molecule has 11 heavy (non-hydrogen) atoms. The van der Waals surface area contributed by atoms with Gasteiger partial charge in [-0.3, -0.25) is 0 Å². The molecule has 4 nitrogen and oxygen atoms in total. The zero-order valence-corrected chi connectivity index (χ0v) is 6.38. The highest BCUT2D eigenvalue weighted by atomic mass is 15.2. The minimum absolute atomic E-state index is 0.0207. The molecule has 0 aliphatic carbocycles. The molecule has 0 saturated carbocycles. The van der Waals surface area contributed by atoms with E-state index in [1.54, 1.807) is 0 Å². The molecule has 0 unspecified atom stereocenters. The number of hydrogen-bond acceptors (Lipinski definition) is 1. The van der Waals surface area contributed by atoms with Crippen molar-refractivity contribution >= 4 is 0 Å². The van der Waals surface area contributed by atoms with Gasteiger partial charge in [-0.2, -0.15) is 0 Å². The van der Waals surface area contributed by atoms with Crippen LogP contribution in [0.25, 0.3) is 10.4 Å². The summed E-state index contributed by atoms with van der Waals surface area (Å²) in [6, 6.07) is 3.92. The van der Waals surface area contributed by atoms with E-state index in [1.807, 2.05) is 36.0 Å². The Labute approximate surface area is 65.1 Å². The Kier molecular flexibility index (Phi) is 2.58. The van der Waals surface area contributed by atoms with E-state index in [1.165, 1.54) is 0 Å². The summed E-state index contributed by atoms with van der Waals surface area (Å²) in [6.45, 7) is 2.64. The van der Waals surface area contributed by atoms with Crippen molar-refractivity contribution < 1.29 is 0 Å². The SMILES string of the molecule is C[C@@H](Cn1cccc1)N=[N+]=[N-]. The summed E-state index contributed by atoms with van der Waals surface area (Å²) >= 11 is 0. The van der Waals surface area contributed by atoms with Gasteiger partial charge in [-0.15, -0.1) is 0 Å². The topological polar surface area (TPSA) is 53.7 Å². The van der Waals surface area contributed by atoms with Crippen LogP contribution in [-0.4, -0.2) is 10.6 Å². The number of aromatic nitrogens is 1. The van der Waals surface area contributed by atoms with Crippen LogP contribution >= 0.6 is 0 Å². The molecular formula is C7H10N4. The van der Waals surface area contributed by atoms with Gasteiger partial charge in [0.25, 0.3) is 0 Å². The van der Waals surface area contributed by atoms with E-state index in [-0.39, 0.29) is 6.04 Å². The van der Waals surface area contributed by atoms with E-state index in [2.05, 4.69) is 10.0 Å². The average Bonchev–Trinajstić information content (AvgIpc) is 2.40. The molecule has 1 aromatic heterocycles. The van der Waals surface area contributed by atoms with Crippen LogP contribution in [0.3, 0.4) is 0 Å². The smallest absolute Gasteiger partial charge is 0.0525 e. The summed E-state index contributed by atoms with van der Waals surface area (Å²) in [4.78, 5) is 2.73. The molecule has 1 heterocycles. The van der Waals surface area contributed by atoms with Crippen molar-refractivity contribution in [1.82, 2.24) is 4.57 Å². The van der Waals surface area contributed by atoms with Gasteiger partial charge in [0.15, 0.2) is 0 Å². The minimum Gasteiger partial charge on any atom is -0.354 e. The van der Waals surface area contributed by atoms with Crippen LogP contribution in [0.5, 0.6) is 0 Å². The molecule has 1 atom stereocenters. The number of nitrogens with zero attached hydrogens (tertiary/aromatic N) is 4. The normalized spacial score (nSPS) is 12.1. The first-order valence-electron chi connectivity index (χ1n) is 3.48. The second-order valence-electron chi connectivity index (χ2n) is 2.43. The van der Waals surface area contributed by atoms with Crippen molar-refractivity contribution in [2.75, 3.05) is 0 Å². The van der Waals surface area contributed by atoms with Crippen LogP contribution in [0.1, 0.15) is 6.92 Å². The van der Waals surface area contributed by atoms with E-state index < -0.39 is 0 Å². The highest BCUT2D eigenvalue weighted by Crippen LogP contribution is 1.97. The lowest BCUT2D eigenvalue weighted by Crippen LogP contribution is -2.07. The average molecular weight is 150 g/mol. The molecular weight excluding hydrogens is 140 g/mol. The molecule has 0 fully saturated rings. The Morgan fingerprint density at radius 2 is 2.18 bits per heavy atom. The van der Waals surface area contributed by atoms with Crippen molar-refractivity contribution in [3.63, 3.8) is 0 Å². The molecule has 0 bridgehead atoms. The maximum atomic E-state index is 8.11. The summed E-state index contributed by atoms with van der Waals surface area (Å²) < 4.78 is 1.99. The second kappa shape index (κ2) is 3.68. The lowest BCUT2D eigenvalue weighted by Gasteiger charge is -2.04. The van der Waals surface area contributed by atoms with Crippen LogP contribution in [0.4, 0.5) is 0 Å². The van der Waals surface area contributed by atoms with Crippen molar-refractivity contribution in [3.8, 4) is 0 Å². The van der Waals surface area contributed by atoms with Crippen molar-refractivity contribution in [2.24, 2.45) is 5.11 Å². The largest absolute Gasteiger partial charge is 0.354 e. The maximum Gasteiger partial charge on any atom is 0.0525 e. The molecule has 0 aromatic carbocycles. The summed E-state index contributed by atoms with van der Waals surface area (Å²) in [5, 5.41) is 3.56. The minimum atomic E-state index is 0.0207. The molecule has 0 amide bonds. The van der Waals surface area contributed by atoms with Crippen molar-refractivity contribution in [1.29, 1.82) is 0 Å². The Bertz CT molecular complexity index is 245. The van der Waals surface area contributed by atoms with Gasteiger partial charge < -0.3 is 4.57 Å². The third-order valence-corrected chi connectivity index (χ3v) is 1.39. The summed E-state index contributed by atoms with van der Waals surface area (Å²) in [5.74, 6) is 0. The third-order valence-electron chi connectivity index (χ3n) is 1.39. The lowest BCUT2D eigenvalue weighted by atomic mass is 10.4. The van der Waals surface area contributed by atoms with E-state index in [0.717, 1.165) is 6.54 Å². The number of hydrogen-bond donors (Lipinski definition) is 0. The first kappa shape index (κ1) is 7.69. The molecule has 1 aromatic rings. The zero-order valence-electron chi connectivity index (χ0n) is 6.38. The van der Waals surface area contributed by atoms with Gasteiger partial charge in [-0.25, -0.2) is 0 Å². The molecule has 0 radical (unpaired) electrons. The predicted octanol–water partition coefficient (Wildman–Crippen LogP) is 2.19. The molecule has 0 aliphatic rings. The van der Waals surface area contributed by atoms with Gasteiger partial charge in [0, 0.05) is 23.9 Å². The monoisotopic (exact) mass is 150 g/mol. The quantitative estimate of drug-likeness (QED) is 0.360. The highest BCUT2D eigenvalue weighted by Gasteiger charge is 1.96. The molecule has 58 valence electrons. The fraction of sp³-hybridized carbons (Fsp3) is 0.429. The molecule has 0 spiro atoms. The molecule has 0 N–H and O–H groups in total. The Hall–Kier alpha value is -1.41. The molecule has 4 heteroatoms. The van der Waals surface area contributed by atoms with Gasteiger partial charge in [-0.05, 0) is 17.7 Å².